The Labute approximate surface area is 132 Å². The van der Waals surface area contributed by atoms with Crippen LogP contribution in [0.4, 0.5) is 0 Å². The van der Waals surface area contributed by atoms with Crippen LogP contribution >= 0.6 is 22.9 Å². The van der Waals surface area contributed by atoms with Gasteiger partial charge in [-0.2, -0.15) is 0 Å². The van der Waals surface area contributed by atoms with Crippen molar-refractivity contribution in [1.82, 2.24) is 10.3 Å². The quantitative estimate of drug-likeness (QED) is 0.888. The molecule has 3 rings (SSSR count). The summed E-state index contributed by atoms with van der Waals surface area (Å²) < 4.78 is 5.63. The van der Waals surface area contributed by atoms with Gasteiger partial charge in [-0.05, 0) is 37.1 Å². The lowest BCUT2D eigenvalue weighted by Crippen LogP contribution is -2.27. The van der Waals surface area contributed by atoms with E-state index in [2.05, 4.69) is 10.3 Å². The summed E-state index contributed by atoms with van der Waals surface area (Å²) in [7, 11) is 0. The average Bonchev–Trinajstić information content (AvgIpc) is 3.16. The smallest absolute Gasteiger partial charge is 0.226 e. The lowest BCUT2D eigenvalue weighted by Gasteiger charge is -2.03. The Balaban J connectivity index is 1.49. The van der Waals surface area contributed by atoms with Gasteiger partial charge in [0, 0.05) is 16.4 Å². The first kappa shape index (κ1) is 14.4. The third kappa shape index (κ3) is 4.44. The molecule has 0 radical (unpaired) electrons. The molecule has 0 bridgehead atoms. The topological polar surface area (TPSA) is 51.2 Å². The van der Waals surface area contributed by atoms with Crippen LogP contribution in [0, 0.1) is 0 Å². The van der Waals surface area contributed by atoms with Crippen molar-refractivity contribution in [2.45, 2.75) is 31.9 Å². The number of carbonyl (C=O) groups excluding carboxylic acids is 1. The van der Waals surface area contributed by atoms with Gasteiger partial charge in [-0.3, -0.25) is 4.79 Å². The maximum atomic E-state index is 11.7. The van der Waals surface area contributed by atoms with E-state index in [0.717, 1.165) is 29.3 Å². The molecule has 21 heavy (non-hydrogen) atoms. The van der Waals surface area contributed by atoms with Crippen LogP contribution in [0.1, 0.15) is 23.5 Å². The monoisotopic (exact) mass is 322 g/mol. The standard InChI is InChI=1S/C15H15ClN2O2S/c16-10-1-5-13(6-2-10)20-8-15-18-12(9-21-15)7-14(19)17-11-3-4-11/h1-2,5-6,9,11H,3-4,7-8H2,(H,17,19). The first-order valence-corrected chi connectivity index (χ1v) is 8.06. The third-order valence-corrected chi connectivity index (χ3v) is 4.18. The molecule has 110 valence electrons. The second kappa shape index (κ2) is 6.45. The highest BCUT2D eigenvalue weighted by Gasteiger charge is 2.23. The fourth-order valence-electron chi connectivity index (χ4n) is 1.84. The Morgan fingerprint density at radius 1 is 1.38 bits per heavy atom. The molecule has 4 nitrogen and oxygen atoms in total. The van der Waals surface area contributed by atoms with E-state index in [1.807, 2.05) is 17.5 Å². The number of ether oxygens (including phenoxy) is 1. The molecule has 1 fully saturated rings. The van der Waals surface area contributed by atoms with Crippen molar-refractivity contribution in [2.24, 2.45) is 0 Å². The fraction of sp³-hybridized carbons (Fsp3) is 0.333. The van der Waals surface area contributed by atoms with Gasteiger partial charge in [-0.15, -0.1) is 11.3 Å². The molecule has 0 atom stereocenters. The van der Waals surface area contributed by atoms with Crippen molar-refractivity contribution in [2.75, 3.05) is 0 Å². The molecule has 6 heteroatoms. The number of carbonyl (C=O) groups is 1. The predicted octanol–water partition coefficient (Wildman–Crippen LogP) is 3.20. The van der Waals surface area contributed by atoms with E-state index in [0.29, 0.717) is 24.1 Å². The zero-order valence-electron chi connectivity index (χ0n) is 11.3. The van der Waals surface area contributed by atoms with Gasteiger partial charge in [0.1, 0.15) is 17.4 Å². The van der Waals surface area contributed by atoms with Crippen LogP contribution in [0.5, 0.6) is 5.75 Å². The van der Waals surface area contributed by atoms with Gasteiger partial charge in [0.15, 0.2) is 0 Å². The highest BCUT2D eigenvalue weighted by atomic mass is 35.5. The molecule has 1 heterocycles. The molecule has 1 aromatic carbocycles. The molecule has 0 aliphatic heterocycles. The highest BCUT2D eigenvalue weighted by Crippen LogP contribution is 2.20. The predicted molar refractivity (Wildman–Crippen MR) is 82.8 cm³/mol. The summed E-state index contributed by atoms with van der Waals surface area (Å²) in [5, 5.41) is 6.41. The molecule has 1 aromatic heterocycles. The highest BCUT2D eigenvalue weighted by molar-refractivity contribution is 7.09. The van der Waals surface area contributed by atoms with E-state index in [-0.39, 0.29) is 5.91 Å². The van der Waals surface area contributed by atoms with Crippen LogP contribution < -0.4 is 10.1 Å². The number of nitrogens with one attached hydrogen (secondary N) is 1. The van der Waals surface area contributed by atoms with Crippen LogP contribution in [0.15, 0.2) is 29.6 Å². The Kier molecular flexibility index (Phi) is 4.41. The minimum atomic E-state index is 0.0490. The van der Waals surface area contributed by atoms with Crippen molar-refractivity contribution in [3.05, 3.63) is 45.4 Å². The second-order valence-corrected chi connectivity index (χ2v) is 6.37. The lowest BCUT2D eigenvalue weighted by atomic mass is 10.3. The summed E-state index contributed by atoms with van der Waals surface area (Å²) in [4.78, 5) is 16.1. The van der Waals surface area contributed by atoms with E-state index < -0.39 is 0 Å². The molecule has 0 unspecified atom stereocenters. The van der Waals surface area contributed by atoms with Gasteiger partial charge in [-0.1, -0.05) is 11.6 Å². The van der Waals surface area contributed by atoms with Crippen LogP contribution in [0.2, 0.25) is 5.02 Å². The number of halogens is 1. The number of hydrogen-bond donors (Lipinski definition) is 1. The lowest BCUT2D eigenvalue weighted by molar-refractivity contribution is -0.120. The first-order valence-electron chi connectivity index (χ1n) is 6.80. The molecular formula is C15H15ClN2O2S. The number of amides is 1. The van der Waals surface area contributed by atoms with Gasteiger partial charge in [0.05, 0.1) is 12.1 Å². The largest absolute Gasteiger partial charge is 0.486 e. The third-order valence-electron chi connectivity index (χ3n) is 3.06. The number of nitrogens with zero attached hydrogens (tertiary/aromatic N) is 1. The molecule has 1 N–H and O–H groups in total. The Hall–Kier alpha value is -1.59. The second-order valence-electron chi connectivity index (χ2n) is 4.99. The molecule has 1 saturated carbocycles. The molecule has 0 saturated heterocycles. The van der Waals surface area contributed by atoms with Crippen molar-refractivity contribution in [3.8, 4) is 5.75 Å². The number of rotatable bonds is 6. The van der Waals surface area contributed by atoms with E-state index in [1.165, 1.54) is 11.3 Å². The Morgan fingerprint density at radius 3 is 2.86 bits per heavy atom. The first-order chi connectivity index (χ1) is 10.2. The molecular weight excluding hydrogens is 308 g/mol. The zero-order valence-corrected chi connectivity index (χ0v) is 12.9. The number of hydrogen-bond acceptors (Lipinski definition) is 4. The van der Waals surface area contributed by atoms with Gasteiger partial charge in [0.25, 0.3) is 0 Å². The normalized spacial score (nSPS) is 14.0. The maximum absolute atomic E-state index is 11.7. The van der Waals surface area contributed by atoms with Crippen LogP contribution in [-0.4, -0.2) is 16.9 Å². The summed E-state index contributed by atoms with van der Waals surface area (Å²) in [6, 6.07) is 7.60. The number of aromatic nitrogens is 1. The molecule has 1 amide bonds. The van der Waals surface area contributed by atoms with Crippen LogP contribution in [0.3, 0.4) is 0 Å². The van der Waals surface area contributed by atoms with Gasteiger partial charge in [-0.25, -0.2) is 4.98 Å². The molecule has 0 spiro atoms. The van der Waals surface area contributed by atoms with Gasteiger partial charge in [0.2, 0.25) is 5.91 Å². The molecule has 1 aliphatic rings. The summed E-state index contributed by atoms with van der Waals surface area (Å²) in [6.45, 7) is 0.399. The van der Waals surface area contributed by atoms with E-state index in [1.54, 1.807) is 12.1 Å². The van der Waals surface area contributed by atoms with E-state index >= 15 is 0 Å². The van der Waals surface area contributed by atoms with Crippen LogP contribution in [0.25, 0.3) is 0 Å². The van der Waals surface area contributed by atoms with Crippen LogP contribution in [-0.2, 0) is 17.8 Å². The van der Waals surface area contributed by atoms with Gasteiger partial charge < -0.3 is 10.1 Å². The summed E-state index contributed by atoms with van der Waals surface area (Å²) in [5.74, 6) is 0.801. The Bertz CT molecular complexity index is 623. The maximum Gasteiger partial charge on any atom is 0.226 e. The number of thiazole rings is 1. The minimum absolute atomic E-state index is 0.0490. The average molecular weight is 323 g/mol. The SMILES string of the molecule is O=C(Cc1csc(COc2ccc(Cl)cc2)n1)NC1CC1. The Morgan fingerprint density at radius 2 is 2.14 bits per heavy atom. The van der Waals surface area contributed by atoms with Crippen molar-refractivity contribution in [3.63, 3.8) is 0 Å². The molecule has 2 aromatic rings. The van der Waals surface area contributed by atoms with Crippen molar-refractivity contribution >= 4 is 28.8 Å². The van der Waals surface area contributed by atoms with E-state index in [9.17, 15) is 4.79 Å². The fourth-order valence-corrected chi connectivity index (χ4v) is 2.67. The summed E-state index contributed by atoms with van der Waals surface area (Å²) in [5.41, 5.74) is 0.799. The zero-order chi connectivity index (χ0) is 14.7. The van der Waals surface area contributed by atoms with Crippen molar-refractivity contribution < 1.29 is 9.53 Å². The number of benzene rings is 1. The van der Waals surface area contributed by atoms with Gasteiger partial charge >= 0.3 is 0 Å². The molecule has 1 aliphatic carbocycles. The summed E-state index contributed by atoms with van der Waals surface area (Å²) in [6.07, 6.45) is 2.54. The van der Waals surface area contributed by atoms with Crippen molar-refractivity contribution in [1.29, 1.82) is 0 Å². The summed E-state index contributed by atoms with van der Waals surface area (Å²) >= 11 is 7.32. The minimum Gasteiger partial charge on any atom is -0.486 e. The van der Waals surface area contributed by atoms with E-state index in [4.69, 9.17) is 16.3 Å².